The normalized spacial score (nSPS) is 11.8. The summed E-state index contributed by atoms with van der Waals surface area (Å²) in [5, 5.41) is 3.01. The molecular weight excluding hydrogens is 586 g/mol. The van der Waals surface area contributed by atoms with Crippen LogP contribution in [-0.4, -0.2) is 50.9 Å². The summed E-state index contributed by atoms with van der Waals surface area (Å²) in [7, 11) is -4.21. The van der Waals surface area contributed by atoms with E-state index in [2.05, 4.69) is 5.32 Å². The molecule has 0 aromatic heterocycles. The van der Waals surface area contributed by atoms with Gasteiger partial charge in [0.25, 0.3) is 10.0 Å². The zero-order chi connectivity index (χ0) is 32.1. The van der Waals surface area contributed by atoms with Gasteiger partial charge in [-0.15, -0.1) is 0 Å². The van der Waals surface area contributed by atoms with Crippen LogP contribution in [0, 0.1) is 0 Å². The summed E-state index contributed by atoms with van der Waals surface area (Å²) in [5.41, 5.74) is 1.94. The highest BCUT2D eigenvalue weighted by Gasteiger charge is 2.35. The number of anilines is 1. The lowest BCUT2D eigenvalue weighted by atomic mass is 10.0. The SMILES string of the molecule is CCCCNC(=O)[C@@H](Cc1ccccc1)N(Cc1ccccc1)C(=O)CN(c1ccccc1OCC)S(=O)(=O)c1ccccc1. The van der Waals surface area contributed by atoms with Crippen LogP contribution in [0.15, 0.2) is 120 Å². The van der Waals surface area contributed by atoms with Gasteiger partial charge in [-0.25, -0.2) is 8.42 Å². The number of nitrogens with one attached hydrogen (secondary N) is 1. The number of unbranched alkanes of at least 4 members (excludes halogenated alkanes) is 1. The maximum Gasteiger partial charge on any atom is 0.264 e. The van der Waals surface area contributed by atoms with Gasteiger partial charge in [0.05, 0.1) is 17.2 Å². The molecule has 1 N–H and O–H groups in total. The van der Waals surface area contributed by atoms with Crippen LogP contribution in [0.2, 0.25) is 0 Å². The molecule has 4 aromatic carbocycles. The summed E-state index contributed by atoms with van der Waals surface area (Å²) < 4.78 is 35.3. The molecule has 4 aromatic rings. The number of hydrogen-bond donors (Lipinski definition) is 1. The van der Waals surface area contributed by atoms with E-state index < -0.39 is 28.5 Å². The van der Waals surface area contributed by atoms with E-state index >= 15 is 0 Å². The number of sulfonamides is 1. The second-order valence-corrected chi connectivity index (χ2v) is 12.4. The summed E-state index contributed by atoms with van der Waals surface area (Å²) in [6.45, 7) is 4.21. The predicted molar refractivity (Wildman–Crippen MR) is 177 cm³/mol. The van der Waals surface area contributed by atoms with Gasteiger partial charge in [0, 0.05) is 19.5 Å². The number of carbonyl (C=O) groups excluding carboxylic acids is 2. The summed E-state index contributed by atoms with van der Waals surface area (Å²) in [6, 6.07) is 32.8. The molecular formula is C36H41N3O5S. The second-order valence-electron chi connectivity index (χ2n) is 10.6. The van der Waals surface area contributed by atoms with Crippen LogP contribution >= 0.6 is 0 Å². The highest BCUT2D eigenvalue weighted by atomic mass is 32.2. The predicted octanol–water partition coefficient (Wildman–Crippen LogP) is 5.84. The molecule has 0 aliphatic heterocycles. The van der Waals surface area contributed by atoms with Crippen molar-refractivity contribution in [1.82, 2.24) is 10.2 Å². The van der Waals surface area contributed by atoms with Crippen molar-refractivity contribution >= 4 is 27.5 Å². The van der Waals surface area contributed by atoms with E-state index in [4.69, 9.17) is 4.74 Å². The number of ether oxygens (including phenoxy) is 1. The first kappa shape index (κ1) is 33.3. The second kappa shape index (κ2) is 16.4. The molecule has 45 heavy (non-hydrogen) atoms. The van der Waals surface area contributed by atoms with E-state index in [9.17, 15) is 18.0 Å². The molecule has 1 atom stereocenters. The molecule has 8 nitrogen and oxygen atoms in total. The van der Waals surface area contributed by atoms with Crippen LogP contribution in [0.5, 0.6) is 5.75 Å². The van der Waals surface area contributed by atoms with E-state index in [1.807, 2.05) is 74.5 Å². The van der Waals surface area contributed by atoms with Crippen molar-refractivity contribution in [2.45, 2.75) is 50.6 Å². The smallest absolute Gasteiger partial charge is 0.264 e. The monoisotopic (exact) mass is 627 g/mol. The Hall–Kier alpha value is -4.63. The van der Waals surface area contributed by atoms with Gasteiger partial charge >= 0.3 is 0 Å². The van der Waals surface area contributed by atoms with E-state index in [1.165, 1.54) is 17.0 Å². The first-order chi connectivity index (χ1) is 21.8. The van der Waals surface area contributed by atoms with Crippen LogP contribution in [0.25, 0.3) is 0 Å². The molecule has 236 valence electrons. The maximum absolute atomic E-state index is 14.5. The molecule has 0 unspecified atom stereocenters. The summed E-state index contributed by atoms with van der Waals surface area (Å²) in [5.74, 6) is -0.472. The van der Waals surface area contributed by atoms with Gasteiger partial charge in [-0.05, 0) is 48.7 Å². The molecule has 0 saturated carbocycles. The van der Waals surface area contributed by atoms with Gasteiger partial charge in [-0.3, -0.25) is 13.9 Å². The zero-order valence-corrected chi connectivity index (χ0v) is 26.7. The Balaban J connectivity index is 1.80. The lowest BCUT2D eigenvalue weighted by Crippen LogP contribution is -2.53. The molecule has 0 bridgehead atoms. The molecule has 0 radical (unpaired) electrons. The Kier molecular flexibility index (Phi) is 12.2. The fourth-order valence-electron chi connectivity index (χ4n) is 5.01. The third-order valence-electron chi connectivity index (χ3n) is 7.34. The minimum atomic E-state index is -4.21. The van der Waals surface area contributed by atoms with E-state index in [1.54, 1.807) is 42.5 Å². The molecule has 9 heteroatoms. The van der Waals surface area contributed by atoms with Gasteiger partial charge in [0.1, 0.15) is 18.3 Å². The molecule has 0 aliphatic carbocycles. The largest absolute Gasteiger partial charge is 0.492 e. The number of para-hydroxylation sites is 2. The fourth-order valence-corrected chi connectivity index (χ4v) is 6.46. The average Bonchev–Trinajstić information content (AvgIpc) is 3.07. The Bertz CT molecular complexity index is 1620. The molecule has 0 fully saturated rings. The standard InChI is InChI=1S/C36H41N3O5S/c1-3-5-25-37-36(41)33(26-29-17-9-6-10-18-29)38(27-30-19-11-7-12-20-30)35(40)28-39(32-23-15-16-24-34(32)44-4-2)45(42,43)31-21-13-8-14-22-31/h6-24,33H,3-5,25-28H2,1-2H3,(H,37,41)/t33-/m1/s1. The summed E-state index contributed by atoms with van der Waals surface area (Å²) in [4.78, 5) is 29.9. The summed E-state index contributed by atoms with van der Waals surface area (Å²) >= 11 is 0. The number of benzene rings is 4. The Morgan fingerprint density at radius 1 is 0.778 bits per heavy atom. The van der Waals surface area contributed by atoms with Gasteiger partial charge in [0.15, 0.2) is 0 Å². The summed E-state index contributed by atoms with van der Waals surface area (Å²) in [6.07, 6.45) is 1.97. The van der Waals surface area contributed by atoms with Crippen molar-refractivity contribution < 1.29 is 22.7 Å². The molecule has 0 spiro atoms. The van der Waals surface area contributed by atoms with Crippen molar-refractivity contribution in [3.8, 4) is 5.75 Å². The number of amides is 2. The van der Waals surface area contributed by atoms with Crippen molar-refractivity contribution in [3.63, 3.8) is 0 Å². The Morgan fingerprint density at radius 3 is 1.98 bits per heavy atom. The Morgan fingerprint density at radius 2 is 1.36 bits per heavy atom. The van der Waals surface area contributed by atoms with Gasteiger partial charge < -0.3 is 15.0 Å². The van der Waals surface area contributed by atoms with Crippen LogP contribution in [0.3, 0.4) is 0 Å². The van der Waals surface area contributed by atoms with Gasteiger partial charge in [-0.1, -0.05) is 104 Å². The lowest BCUT2D eigenvalue weighted by Gasteiger charge is -2.34. The molecule has 4 rings (SSSR count). The maximum atomic E-state index is 14.5. The number of rotatable bonds is 16. The van der Waals surface area contributed by atoms with Crippen molar-refractivity contribution in [3.05, 3.63) is 126 Å². The van der Waals surface area contributed by atoms with Crippen LogP contribution in [0.4, 0.5) is 5.69 Å². The first-order valence-electron chi connectivity index (χ1n) is 15.3. The van der Waals surface area contributed by atoms with E-state index in [0.29, 0.717) is 18.9 Å². The zero-order valence-electron chi connectivity index (χ0n) is 25.8. The fraction of sp³-hybridized carbons (Fsp3) is 0.278. The molecule has 0 aliphatic rings. The third kappa shape index (κ3) is 8.95. The molecule has 2 amide bonds. The van der Waals surface area contributed by atoms with Crippen LogP contribution in [-0.2, 0) is 32.6 Å². The van der Waals surface area contributed by atoms with E-state index in [-0.39, 0.29) is 29.5 Å². The van der Waals surface area contributed by atoms with Crippen molar-refractivity contribution in [2.24, 2.45) is 0 Å². The number of nitrogens with zero attached hydrogens (tertiary/aromatic N) is 2. The third-order valence-corrected chi connectivity index (χ3v) is 9.11. The topological polar surface area (TPSA) is 96.0 Å². The molecule has 0 heterocycles. The minimum absolute atomic E-state index is 0.0388. The van der Waals surface area contributed by atoms with Gasteiger partial charge in [0.2, 0.25) is 11.8 Å². The Labute approximate surface area is 266 Å². The van der Waals surface area contributed by atoms with Gasteiger partial charge in [-0.2, -0.15) is 0 Å². The number of hydrogen-bond acceptors (Lipinski definition) is 5. The van der Waals surface area contributed by atoms with E-state index in [0.717, 1.165) is 28.3 Å². The average molecular weight is 628 g/mol. The quantitative estimate of drug-likeness (QED) is 0.158. The van der Waals surface area contributed by atoms with Crippen molar-refractivity contribution in [2.75, 3.05) is 24.0 Å². The highest BCUT2D eigenvalue weighted by molar-refractivity contribution is 7.92. The number of carbonyl (C=O) groups is 2. The molecule has 0 saturated heterocycles. The lowest BCUT2D eigenvalue weighted by molar-refractivity contribution is -0.140. The van der Waals surface area contributed by atoms with Crippen LogP contribution < -0.4 is 14.4 Å². The minimum Gasteiger partial charge on any atom is -0.492 e. The van der Waals surface area contributed by atoms with Crippen LogP contribution in [0.1, 0.15) is 37.8 Å². The first-order valence-corrected chi connectivity index (χ1v) is 16.7. The highest BCUT2D eigenvalue weighted by Crippen LogP contribution is 2.33. The van der Waals surface area contributed by atoms with Crippen molar-refractivity contribution in [1.29, 1.82) is 0 Å².